The van der Waals surface area contributed by atoms with Crippen LogP contribution < -0.4 is 0 Å². The molecule has 0 saturated carbocycles. The SMILES string of the molecule is CCOC(=O)/C=C/Sc1ccccc1. The van der Waals surface area contributed by atoms with Crippen molar-refractivity contribution >= 4 is 17.7 Å². The molecule has 0 radical (unpaired) electrons. The van der Waals surface area contributed by atoms with Crippen molar-refractivity contribution in [1.82, 2.24) is 0 Å². The molecule has 0 aliphatic carbocycles. The zero-order chi connectivity index (χ0) is 10.2. The third kappa shape index (κ3) is 4.14. The molecule has 0 aliphatic heterocycles. The van der Waals surface area contributed by atoms with E-state index in [1.807, 2.05) is 30.3 Å². The highest BCUT2D eigenvalue weighted by Gasteiger charge is 1.93. The molecule has 0 heterocycles. The molecule has 2 nitrogen and oxygen atoms in total. The van der Waals surface area contributed by atoms with Crippen molar-refractivity contribution in [1.29, 1.82) is 0 Å². The first-order chi connectivity index (χ1) is 6.83. The summed E-state index contributed by atoms with van der Waals surface area (Å²) in [6.45, 7) is 2.20. The van der Waals surface area contributed by atoms with Crippen LogP contribution in [0.25, 0.3) is 0 Å². The molecule has 0 unspecified atom stereocenters. The number of carbonyl (C=O) groups excluding carboxylic acids is 1. The highest BCUT2D eigenvalue weighted by atomic mass is 32.2. The molecule has 74 valence electrons. The quantitative estimate of drug-likeness (QED) is 0.432. The Bertz CT molecular complexity index is 306. The molecule has 0 aromatic heterocycles. The Hall–Kier alpha value is -1.22. The fourth-order valence-electron chi connectivity index (χ4n) is 0.858. The van der Waals surface area contributed by atoms with Crippen LogP contribution in [0.15, 0.2) is 46.7 Å². The van der Waals surface area contributed by atoms with Crippen LogP contribution in [0, 0.1) is 0 Å². The van der Waals surface area contributed by atoms with Crippen LogP contribution in [0.4, 0.5) is 0 Å². The van der Waals surface area contributed by atoms with Crippen molar-refractivity contribution < 1.29 is 9.53 Å². The molecule has 0 saturated heterocycles. The number of hydrogen-bond donors (Lipinski definition) is 0. The molecule has 14 heavy (non-hydrogen) atoms. The Morgan fingerprint density at radius 3 is 2.79 bits per heavy atom. The molecule has 0 aliphatic rings. The molecular formula is C11H12O2S. The van der Waals surface area contributed by atoms with E-state index in [1.165, 1.54) is 17.8 Å². The third-order valence-electron chi connectivity index (χ3n) is 1.44. The number of esters is 1. The van der Waals surface area contributed by atoms with Crippen LogP contribution in [0.3, 0.4) is 0 Å². The Balaban J connectivity index is 2.37. The van der Waals surface area contributed by atoms with Gasteiger partial charge in [0, 0.05) is 11.0 Å². The van der Waals surface area contributed by atoms with E-state index in [9.17, 15) is 4.79 Å². The maximum absolute atomic E-state index is 10.9. The molecule has 3 heteroatoms. The number of hydrogen-bond acceptors (Lipinski definition) is 3. The molecule has 0 atom stereocenters. The summed E-state index contributed by atoms with van der Waals surface area (Å²) >= 11 is 1.49. The largest absolute Gasteiger partial charge is 0.463 e. The smallest absolute Gasteiger partial charge is 0.331 e. The third-order valence-corrected chi connectivity index (χ3v) is 2.25. The van der Waals surface area contributed by atoms with Gasteiger partial charge in [0.2, 0.25) is 0 Å². The van der Waals surface area contributed by atoms with E-state index in [0.29, 0.717) is 6.61 Å². The van der Waals surface area contributed by atoms with Crippen molar-refractivity contribution in [3.8, 4) is 0 Å². The molecule has 0 spiro atoms. The van der Waals surface area contributed by atoms with E-state index >= 15 is 0 Å². The first-order valence-electron chi connectivity index (χ1n) is 4.38. The van der Waals surface area contributed by atoms with Crippen LogP contribution in [0.5, 0.6) is 0 Å². The van der Waals surface area contributed by atoms with E-state index in [4.69, 9.17) is 4.74 Å². The van der Waals surface area contributed by atoms with Crippen molar-refractivity contribution in [3.05, 3.63) is 41.8 Å². The lowest BCUT2D eigenvalue weighted by Crippen LogP contribution is -1.98. The maximum atomic E-state index is 10.9. The van der Waals surface area contributed by atoms with Gasteiger partial charge in [-0.25, -0.2) is 4.79 Å². The summed E-state index contributed by atoms with van der Waals surface area (Å²) in [6.07, 6.45) is 1.43. The lowest BCUT2D eigenvalue weighted by atomic mass is 10.4. The number of ether oxygens (including phenoxy) is 1. The molecular weight excluding hydrogens is 196 g/mol. The van der Waals surface area contributed by atoms with Crippen LogP contribution >= 0.6 is 11.8 Å². The maximum Gasteiger partial charge on any atom is 0.331 e. The van der Waals surface area contributed by atoms with E-state index in [0.717, 1.165) is 4.90 Å². The molecule has 1 rings (SSSR count). The minimum Gasteiger partial charge on any atom is -0.463 e. The molecule has 1 aromatic carbocycles. The van der Waals surface area contributed by atoms with Crippen molar-refractivity contribution in [2.75, 3.05) is 6.61 Å². The number of benzene rings is 1. The fraction of sp³-hybridized carbons (Fsp3) is 0.182. The Morgan fingerprint density at radius 1 is 1.43 bits per heavy atom. The first kappa shape index (κ1) is 10.9. The average Bonchev–Trinajstić information content (AvgIpc) is 2.20. The van der Waals surface area contributed by atoms with Gasteiger partial charge in [0.05, 0.1) is 6.61 Å². The van der Waals surface area contributed by atoms with Crippen molar-refractivity contribution in [2.24, 2.45) is 0 Å². The van der Waals surface area contributed by atoms with Gasteiger partial charge in [-0.3, -0.25) is 0 Å². The minimum atomic E-state index is -0.295. The predicted octanol–water partition coefficient (Wildman–Crippen LogP) is 2.86. The highest BCUT2D eigenvalue weighted by Crippen LogP contribution is 2.17. The molecule has 0 amide bonds. The Kier molecular flexibility index (Phi) is 4.86. The lowest BCUT2D eigenvalue weighted by molar-refractivity contribution is -0.137. The topological polar surface area (TPSA) is 26.3 Å². The van der Waals surface area contributed by atoms with Gasteiger partial charge in [0.1, 0.15) is 0 Å². The summed E-state index contributed by atoms with van der Waals surface area (Å²) in [7, 11) is 0. The summed E-state index contributed by atoms with van der Waals surface area (Å²) < 4.78 is 4.74. The summed E-state index contributed by atoms with van der Waals surface area (Å²) in [5.74, 6) is -0.295. The summed E-state index contributed by atoms with van der Waals surface area (Å²) in [5.41, 5.74) is 0. The monoisotopic (exact) mass is 208 g/mol. The van der Waals surface area contributed by atoms with Crippen LogP contribution in [0.2, 0.25) is 0 Å². The minimum absolute atomic E-state index is 0.295. The van der Waals surface area contributed by atoms with Gasteiger partial charge < -0.3 is 4.74 Å². The van der Waals surface area contributed by atoms with Crippen molar-refractivity contribution in [3.63, 3.8) is 0 Å². The van der Waals surface area contributed by atoms with E-state index < -0.39 is 0 Å². The standard InChI is InChI=1S/C11H12O2S/c1-2-13-11(12)8-9-14-10-6-4-3-5-7-10/h3-9H,2H2,1H3/b9-8+. The average molecular weight is 208 g/mol. The predicted molar refractivity (Wildman–Crippen MR) is 58.1 cm³/mol. The van der Waals surface area contributed by atoms with Crippen LogP contribution in [-0.4, -0.2) is 12.6 Å². The van der Waals surface area contributed by atoms with Gasteiger partial charge in [-0.1, -0.05) is 30.0 Å². The second-order valence-electron chi connectivity index (χ2n) is 2.49. The van der Waals surface area contributed by atoms with Gasteiger partial charge in [-0.05, 0) is 24.5 Å². The number of rotatable bonds is 4. The zero-order valence-electron chi connectivity index (χ0n) is 7.97. The molecule has 0 N–H and O–H groups in total. The van der Waals surface area contributed by atoms with Crippen LogP contribution in [-0.2, 0) is 9.53 Å². The second kappa shape index (κ2) is 6.27. The highest BCUT2D eigenvalue weighted by molar-refractivity contribution is 8.02. The van der Waals surface area contributed by atoms with Gasteiger partial charge in [-0.2, -0.15) is 0 Å². The summed E-state index contributed by atoms with van der Waals surface area (Å²) in [4.78, 5) is 12.0. The molecule has 1 aromatic rings. The fourth-order valence-corrected chi connectivity index (χ4v) is 1.51. The van der Waals surface area contributed by atoms with E-state index in [-0.39, 0.29) is 5.97 Å². The molecule has 0 fully saturated rings. The number of carbonyl (C=O) groups is 1. The summed E-state index contributed by atoms with van der Waals surface area (Å²) in [5, 5.41) is 1.73. The van der Waals surface area contributed by atoms with Crippen LogP contribution in [0.1, 0.15) is 6.92 Å². The lowest BCUT2D eigenvalue weighted by Gasteiger charge is -1.95. The van der Waals surface area contributed by atoms with E-state index in [1.54, 1.807) is 12.3 Å². The van der Waals surface area contributed by atoms with E-state index in [2.05, 4.69) is 0 Å². The second-order valence-corrected chi connectivity index (χ2v) is 3.46. The van der Waals surface area contributed by atoms with Gasteiger partial charge in [0.15, 0.2) is 0 Å². The normalized spacial score (nSPS) is 10.4. The Labute approximate surface area is 88.0 Å². The van der Waals surface area contributed by atoms with Gasteiger partial charge in [-0.15, -0.1) is 0 Å². The first-order valence-corrected chi connectivity index (χ1v) is 5.26. The summed E-state index contributed by atoms with van der Waals surface area (Å²) in [6, 6.07) is 9.85. The molecule has 0 bridgehead atoms. The zero-order valence-corrected chi connectivity index (χ0v) is 8.79. The van der Waals surface area contributed by atoms with Crippen molar-refractivity contribution in [2.45, 2.75) is 11.8 Å². The van der Waals surface area contributed by atoms with Gasteiger partial charge in [0.25, 0.3) is 0 Å². The Morgan fingerprint density at radius 2 is 2.14 bits per heavy atom. The van der Waals surface area contributed by atoms with Gasteiger partial charge >= 0.3 is 5.97 Å². The number of thioether (sulfide) groups is 1.